The van der Waals surface area contributed by atoms with E-state index in [1.54, 1.807) is 12.1 Å². The van der Waals surface area contributed by atoms with Crippen LogP contribution in [0, 0.1) is 5.82 Å². The number of piperazine rings is 1. The van der Waals surface area contributed by atoms with E-state index in [1.807, 2.05) is 6.07 Å². The number of nitrogens with zero attached hydrogens (tertiary/aromatic N) is 3. The Bertz CT molecular complexity index is 842. The highest BCUT2D eigenvalue weighted by Crippen LogP contribution is 2.24. The average molecular weight is 404 g/mol. The van der Waals surface area contributed by atoms with Crippen LogP contribution in [0.2, 0.25) is 5.02 Å². The number of unbranched alkanes of at least 4 members (excludes halogenated alkanes) is 1. The first-order chi connectivity index (χ1) is 13.6. The van der Waals surface area contributed by atoms with Crippen LogP contribution in [-0.2, 0) is 13.0 Å². The largest absolute Gasteiger partial charge is 0.367 e. The third-order valence-electron chi connectivity index (χ3n) is 5.94. The number of fused-ring (bicyclic) bond motifs is 1. The Morgan fingerprint density at radius 2 is 1.79 bits per heavy atom. The Balaban J connectivity index is 1.21. The molecule has 2 aromatic rings. The summed E-state index contributed by atoms with van der Waals surface area (Å²) in [6.07, 6.45) is 7.03. The van der Waals surface area contributed by atoms with Gasteiger partial charge in [-0.05, 0) is 56.5 Å². The number of hydrogen-bond acceptors (Lipinski definition) is 3. The van der Waals surface area contributed by atoms with E-state index in [4.69, 9.17) is 11.6 Å². The highest BCUT2D eigenvalue weighted by atomic mass is 35.5. The van der Waals surface area contributed by atoms with E-state index in [-0.39, 0.29) is 5.82 Å². The monoisotopic (exact) mass is 403 g/mol. The fraction of sp³-hybridized carbons (Fsp3) is 0.500. The average Bonchev–Trinajstić information content (AvgIpc) is 3.10. The van der Waals surface area contributed by atoms with Gasteiger partial charge in [-0.3, -0.25) is 9.69 Å². The second-order valence-corrected chi connectivity index (χ2v) is 8.21. The van der Waals surface area contributed by atoms with Crippen molar-refractivity contribution in [2.75, 3.05) is 37.6 Å². The van der Waals surface area contributed by atoms with E-state index in [0.717, 1.165) is 70.5 Å². The van der Waals surface area contributed by atoms with E-state index >= 15 is 0 Å². The summed E-state index contributed by atoms with van der Waals surface area (Å²) in [5.74, 6) is 0.0597. The molecule has 0 N–H and O–H groups in total. The standard InChI is InChI=1S/C22H27ClFN3O/c23-17-6-7-21(19(24)16-17)27-14-12-25(13-15-27)9-1-2-10-26-11-8-18-20(26)4-3-5-22(18)28/h6-8,11,16H,1-5,9-10,12-15H2. The van der Waals surface area contributed by atoms with Crippen LogP contribution in [0.4, 0.5) is 10.1 Å². The van der Waals surface area contributed by atoms with Gasteiger partial charge in [-0.15, -0.1) is 0 Å². The third kappa shape index (κ3) is 4.26. The van der Waals surface area contributed by atoms with Crippen molar-refractivity contribution in [3.8, 4) is 0 Å². The number of Topliss-reactive ketones (excluding diaryl/α,β-unsaturated/α-hetero) is 1. The summed E-state index contributed by atoms with van der Waals surface area (Å²) in [6.45, 7) is 5.64. The summed E-state index contributed by atoms with van der Waals surface area (Å²) >= 11 is 5.85. The molecule has 0 unspecified atom stereocenters. The van der Waals surface area contributed by atoms with Crippen LogP contribution in [0.1, 0.15) is 41.7 Å². The van der Waals surface area contributed by atoms with Gasteiger partial charge in [0.15, 0.2) is 5.78 Å². The fourth-order valence-corrected chi connectivity index (χ4v) is 4.52. The summed E-state index contributed by atoms with van der Waals surface area (Å²) in [6, 6.07) is 6.90. The molecule has 28 heavy (non-hydrogen) atoms. The number of ketones is 1. The van der Waals surface area contributed by atoms with Gasteiger partial charge in [0.2, 0.25) is 0 Å². The van der Waals surface area contributed by atoms with Crippen molar-refractivity contribution in [3.63, 3.8) is 0 Å². The van der Waals surface area contributed by atoms with Crippen LogP contribution in [-0.4, -0.2) is 48.0 Å². The van der Waals surface area contributed by atoms with Crippen LogP contribution in [0.15, 0.2) is 30.5 Å². The van der Waals surface area contributed by atoms with Crippen LogP contribution in [0.25, 0.3) is 0 Å². The Hall–Kier alpha value is -1.85. The quantitative estimate of drug-likeness (QED) is 0.669. The molecule has 1 aliphatic carbocycles. The van der Waals surface area contributed by atoms with Crippen molar-refractivity contribution >= 4 is 23.1 Å². The van der Waals surface area contributed by atoms with Crippen molar-refractivity contribution in [2.24, 2.45) is 0 Å². The van der Waals surface area contributed by atoms with E-state index in [1.165, 1.54) is 11.8 Å². The van der Waals surface area contributed by atoms with Gasteiger partial charge in [0.05, 0.1) is 5.69 Å². The molecule has 0 spiro atoms. The zero-order chi connectivity index (χ0) is 19.5. The number of carbonyl (C=O) groups excluding carboxylic acids is 1. The van der Waals surface area contributed by atoms with Gasteiger partial charge in [-0.1, -0.05) is 11.6 Å². The summed E-state index contributed by atoms with van der Waals surface area (Å²) in [7, 11) is 0. The minimum atomic E-state index is -0.241. The molecular formula is C22H27ClFN3O. The van der Waals surface area contributed by atoms with E-state index in [9.17, 15) is 9.18 Å². The molecule has 0 atom stereocenters. The molecule has 1 fully saturated rings. The fourth-order valence-electron chi connectivity index (χ4n) is 4.37. The lowest BCUT2D eigenvalue weighted by Crippen LogP contribution is -2.46. The number of aryl methyl sites for hydroxylation is 1. The van der Waals surface area contributed by atoms with Crippen molar-refractivity contribution in [1.29, 1.82) is 0 Å². The van der Waals surface area contributed by atoms with Gasteiger partial charge in [0, 0.05) is 61.6 Å². The maximum absolute atomic E-state index is 14.1. The predicted octanol–water partition coefficient (Wildman–Crippen LogP) is 4.40. The van der Waals surface area contributed by atoms with Crippen LogP contribution in [0.3, 0.4) is 0 Å². The van der Waals surface area contributed by atoms with Gasteiger partial charge in [0.25, 0.3) is 0 Å². The Morgan fingerprint density at radius 1 is 1.00 bits per heavy atom. The smallest absolute Gasteiger partial charge is 0.164 e. The normalized spacial score (nSPS) is 17.8. The molecule has 1 aromatic heterocycles. The molecule has 0 bridgehead atoms. The SMILES string of the molecule is O=C1CCCc2c1ccn2CCCCN1CCN(c2ccc(Cl)cc2F)CC1. The van der Waals surface area contributed by atoms with Gasteiger partial charge >= 0.3 is 0 Å². The van der Waals surface area contributed by atoms with E-state index in [2.05, 4.69) is 20.6 Å². The second kappa shape index (κ2) is 8.66. The second-order valence-electron chi connectivity index (χ2n) is 7.78. The van der Waals surface area contributed by atoms with Crippen LogP contribution < -0.4 is 4.90 Å². The van der Waals surface area contributed by atoms with Crippen molar-refractivity contribution in [1.82, 2.24) is 9.47 Å². The molecule has 2 heterocycles. The molecule has 1 saturated heterocycles. The molecule has 0 radical (unpaired) electrons. The van der Waals surface area contributed by atoms with Gasteiger partial charge < -0.3 is 9.47 Å². The van der Waals surface area contributed by atoms with Gasteiger partial charge in [-0.25, -0.2) is 4.39 Å². The van der Waals surface area contributed by atoms with E-state index < -0.39 is 0 Å². The summed E-state index contributed by atoms with van der Waals surface area (Å²) in [4.78, 5) is 16.5. The zero-order valence-electron chi connectivity index (χ0n) is 16.2. The van der Waals surface area contributed by atoms with Crippen LogP contribution in [0.5, 0.6) is 0 Å². The number of halogens is 2. The van der Waals surface area contributed by atoms with E-state index in [0.29, 0.717) is 22.9 Å². The maximum atomic E-state index is 14.1. The molecule has 6 heteroatoms. The third-order valence-corrected chi connectivity index (χ3v) is 6.18. The lowest BCUT2D eigenvalue weighted by atomic mass is 9.97. The molecule has 4 nitrogen and oxygen atoms in total. The minimum absolute atomic E-state index is 0.241. The first kappa shape index (κ1) is 19.5. The molecule has 0 saturated carbocycles. The van der Waals surface area contributed by atoms with Gasteiger partial charge in [-0.2, -0.15) is 0 Å². The molecule has 1 aromatic carbocycles. The van der Waals surface area contributed by atoms with Crippen molar-refractivity contribution < 1.29 is 9.18 Å². The predicted molar refractivity (Wildman–Crippen MR) is 111 cm³/mol. The maximum Gasteiger partial charge on any atom is 0.164 e. The zero-order valence-corrected chi connectivity index (χ0v) is 16.9. The molecule has 2 aliphatic rings. The Kier molecular flexibility index (Phi) is 6.02. The first-order valence-corrected chi connectivity index (χ1v) is 10.6. The first-order valence-electron chi connectivity index (χ1n) is 10.3. The molecule has 4 rings (SSSR count). The highest BCUT2D eigenvalue weighted by Gasteiger charge is 2.21. The number of anilines is 1. The minimum Gasteiger partial charge on any atom is -0.367 e. The lowest BCUT2D eigenvalue weighted by molar-refractivity contribution is 0.0971. The van der Waals surface area contributed by atoms with Crippen molar-refractivity contribution in [2.45, 2.75) is 38.6 Å². The van der Waals surface area contributed by atoms with Crippen LogP contribution >= 0.6 is 11.6 Å². The molecule has 150 valence electrons. The van der Waals surface area contributed by atoms with Crippen molar-refractivity contribution in [3.05, 3.63) is 52.6 Å². The number of hydrogen-bond donors (Lipinski definition) is 0. The number of carbonyl (C=O) groups is 1. The van der Waals surface area contributed by atoms with Gasteiger partial charge in [0.1, 0.15) is 5.82 Å². The molecule has 0 amide bonds. The lowest BCUT2D eigenvalue weighted by Gasteiger charge is -2.36. The number of rotatable bonds is 6. The Morgan fingerprint density at radius 3 is 2.57 bits per heavy atom. The molecular weight excluding hydrogens is 377 g/mol. The topological polar surface area (TPSA) is 28.5 Å². The summed E-state index contributed by atoms with van der Waals surface area (Å²) in [5.41, 5.74) is 2.82. The Labute approximate surface area is 170 Å². The number of benzene rings is 1. The molecule has 1 aliphatic heterocycles. The number of aromatic nitrogens is 1. The highest BCUT2D eigenvalue weighted by molar-refractivity contribution is 6.30. The summed E-state index contributed by atoms with van der Waals surface area (Å²) < 4.78 is 16.4. The summed E-state index contributed by atoms with van der Waals surface area (Å²) in [5, 5.41) is 0.438.